The Labute approximate surface area is 152 Å². The van der Waals surface area contributed by atoms with Crippen molar-refractivity contribution in [1.82, 2.24) is 9.55 Å². The van der Waals surface area contributed by atoms with Gasteiger partial charge in [-0.3, -0.25) is 4.79 Å². The third-order valence-corrected chi connectivity index (χ3v) is 3.98. The zero-order valence-electron chi connectivity index (χ0n) is 10.1. The molecule has 0 aromatic carbocycles. The molecule has 84 valence electrons. The zero-order chi connectivity index (χ0) is 11.9. The van der Waals surface area contributed by atoms with Crippen LogP contribution in [0.4, 0.5) is 0 Å². The maximum absolute atomic E-state index is 12.2. The molecule has 0 N–H and O–H groups in total. The number of aromatic nitrogens is 2. The van der Waals surface area contributed by atoms with Gasteiger partial charge in [-0.15, -0.1) is 17.9 Å². The van der Waals surface area contributed by atoms with E-state index >= 15 is 0 Å². The molecule has 0 radical (unpaired) electrons. The molecule has 0 unspecified atom stereocenters. The second-order valence-electron chi connectivity index (χ2n) is 3.56. The van der Waals surface area contributed by atoms with Crippen LogP contribution in [0, 0.1) is 13.8 Å². The molecule has 2 heterocycles. The molecule has 0 aliphatic carbocycles. The number of hydrogen-bond donors (Lipinski definition) is 0. The Hall–Kier alpha value is 0.436. The molecular weight excluding hydrogens is 279 g/mol. The Morgan fingerprint density at radius 1 is 1.53 bits per heavy atom. The van der Waals surface area contributed by atoms with E-state index in [9.17, 15) is 4.79 Å². The second kappa shape index (κ2) is 6.05. The topological polar surface area (TPSA) is 34.9 Å². The van der Waals surface area contributed by atoms with Crippen LogP contribution in [0.2, 0.25) is 0 Å². The molecule has 0 saturated heterocycles. The van der Waals surface area contributed by atoms with Gasteiger partial charge in [-0.2, -0.15) is 0 Å². The summed E-state index contributed by atoms with van der Waals surface area (Å²) in [6.07, 6.45) is 1.65. The van der Waals surface area contributed by atoms with Gasteiger partial charge in [0, 0.05) is 11.4 Å². The number of hydrogen-bond acceptors (Lipinski definition) is 4. The summed E-state index contributed by atoms with van der Waals surface area (Å²) in [6, 6.07) is 0. The van der Waals surface area contributed by atoms with Gasteiger partial charge in [-0.1, -0.05) is 6.08 Å². The maximum Gasteiger partial charge on any atom is 1.00 e. The first-order valence-electron chi connectivity index (χ1n) is 4.84. The Bertz CT molecular complexity index is 630. The smallest absolute Gasteiger partial charge is 0.742 e. The third kappa shape index (κ3) is 2.73. The fourth-order valence-electron chi connectivity index (χ4n) is 1.60. The molecule has 0 fully saturated rings. The van der Waals surface area contributed by atoms with Gasteiger partial charge >= 0.3 is 51.4 Å². The van der Waals surface area contributed by atoms with E-state index in [2.05, 4.69) is 11.6 Å². The first-order valence-corrected chi connectivity index (χ1v) is 6.07. The van der Waals surface area contributed by atoms with Crippen LogP contribution in [0.25, 0.3) is 10.2 Å². The van der Waals surface area contributed by atoms with Crippen LogP contribution >= 0.6 is 11.3 Å². The van der Waals surface area contributed by atoms with Gasteiger partial charge in [0.1, 0.15) is 4.83 Å². The summed E-state index contributed by atoms with van der Waals surface area (Å²) in [7, 11) is 0. The standard InChI is InChI=1S/C11H12N2OS2.K/c1-4-5-13-10(14)8-6(2)7(3)16-9(8)12-11(13)15;/h4H,1,5H2,2-3H3,(H,12,15);/q;+1/p-1. The van der Waals surface area contributed by atoms with Gasteiger partial charge in [0.2, 0.25) is 0 Å². The van der Waals surface area contributed by atoms with Crippen molar-refractivity contribution in [1.29, 1.82) is 0 Å². The van der Waals surface area contributed by atoms with Crippen molar-refractivity contribution in [3.05, 3.63) is 33.4 Å². The van der Waals surface area contributed by atoms with Crippen molar-refractivity contribution in [2.75, 3.05) is 0 Å². The van der Waals surface area contributed by atoms with E-state index in [1.54, 1.807) is 6.08 Å². The van der Waals surface area contributed by atoms with Crippen LogP contribution in [0.5, 0.6) is 0 Å². The van der Waals surface area contributed by atoms with Gasteiger partial charge in [-0.25, -0.2) is 4.98 Å². The van der Waals surface area contributed by atoms with Crippen molar-refractivity contribution < 1.29 is 51.4 Å². The number of thiophene rings is 1. The van der Waals surface area contributed by atoms with Gasteiger partial charge in [-0.05, 0) is 24.6 Å². The number of fused-ring (bicyclic) bond motifs is 1. The minimum absolute atomic E-state index is 0. The third-order valence-electron chi connectivity index (χ3n) is 2.57. The number of rotatable bonds is 2. The summed E-state index contributed by atoms with van der Waals surface area (Å²) in [6.45, 7) is 7.96. The van der Waals surface area contributed by atoms with Crippen LogP contribution < -0.4 is 56.9 Å². The van der Waals surface area contributed by atoms with E-state index in [0.717, 1.165) is 15.3 Å². The van der Waals surface area contributed by atoms with Crippen LogP contribution in [-0.4, -0.2) is 9.55 Å². The van der Waals surface area contributed by atoms with Gasteiger partial charge in [0.15, 0.2) is 0 Å². The van der Waals surface area contributed by atoms with Crippen molar-refractivity contribution in [2.45, 2.75) is 25.5 Å². The molecule has 0 atom stereocenters. The van der Waals surface area contributed by atoms with Crippen LogP contribution in [0.1, 0.15) is 10.4 Å². The van der Waals surface area contributed by atoms with Crippen molar-refractivity contribution in [3.63, 3.8) is 0 Å². The average molecular weight is 290 g/mol. The molecule has 2 aromatic heterocycles. The molecule has 0 aliphatic heterocycles. The van der Waals surface area contributed by atoms with E-state index in [-0.39, 0.29) is 56.9 Å². The van der Waals surface area contributed by atoms with Crippen LogP contribution in [0.3, 0.4) is 0 Å². The normalized spacial score (nSPS) is 10.2. The first-order chi connectivity index (χ1) is 7.56. The van der Waals surface area contributed by atoms with Gasteiger partial charge < -0.3 is 17.2 Å². The summed E-state index contributed by atoms with van der Waals surface area (Å²) in [5, 5.41) is 1.02. The van der Waals surface area contributed by atoms with Crippen molar-refractivity contribution in [3.8, 4) is 0 Å². The summed E-state index contributed by atoms with van der Waals surface area (Å²) in [4.78, 5) is 18.3. The fraction of sp³-hybridized carbons (Fsp3) is 0.273. The Morgan fingerprint density at radius 2 is 2.18 bits per heavy atom. The van der Waals surface area contributed by atoms with Crippen LogP contribution in [-0.2, 0) is 19.2 Å². The molecular formula is C11H11KN2OS2. The monoisotopic (exact) mass is 290 g/mol. The van der Waals surface area contributed by atoms with Crippen molar-refractivity contribution in [2.24, 2.45) is 0 Å². The molecule has 0 bridgehead atoms. The average Bonchev–Trinajstić information content (AvgIpc) is 2.49. The summed E-state index contributed by atoms with van der Waals surface area (Å²) in [5.74, 6) is 0. The molecule has 2 rings (SSSR count). The SMILES string of the molecule is C=CCn1c([S-])nc2sc(C)c(C)c2c1=O.[K+]. The summed E-state index contributed by atoms with van der Waals surface area (Å²) < 4.78 is 1.48. The first kappa shape index (κ1) is 15.5. The Balaban J connectivity index is 0.00000144. The molecule has 3 nitrogen and oxygen atoms in total. The zero-order valence-corrected chi connectivity index (χ0v) is 14.9. The molecule has 6 heteroatoms. The molecule has 17 heavy (non-hydrogen) atoms. The second-order valence-corrected chi connectivity index (χ2v) is 5.13. The molecule has 0 aliphatic rings. The van der Waals surface area contributed by atoms with E-state index in [1.165, 1.54) is 15.9 Å². The van der Waals surface area contributed by atoms with Crippen molar-refractivity contribution >= 4 is 34.2 Å². The predicted octanol–water partition coefficient (Wildman–Crippen LogP) is -0.829. The number of aryl methyl sites for hydroxylation is 2. The van der Waals surface area contributed by atoms with E-state index in [0.29, 0.717) is 17.1 Å². The van der Waals surface area contributed by atoms with E-state index in [1.807, 2.05) is 13.8 Å². The van der Waals surface area contributed by atoms with Crippen LogP contribution in [0.15, 0.2) is 22.6 Å². The molecule has 0 saturated carbocycles. The molecule has 0 amide bonds. The number of nitrogens with zero attached hydrogens (tertiary/aromatic N) is 2. The molecule has 0 spiro atoms. The largest absolute Gasteiger partial charge is 1.00 e. The minimum Gasteiger partial charge on any atom is -0.742 e. The quantitative estimate of drug-likeness (QED) is 0.313. The number of allylic oxidation sites excluding steroid dienone is 1. The van der Waals surface area contributed by atoms with Gasteiger partial charge in [0.25, 0.3) is 5.56 Å². The fourth-order valence-corrected chi connectivity index (χ4v) is 2.93. The maximum atomic E-state index is 12.2. The Kier molecular flexibility index (Phi) is 5.52. The molecule has 2 aromatic rings. The van der Waals surface area contributed by atoms with E-state index in [4.69, 9.17) is 12.6 Å². The minimum atomic E-state index is -0.0586. The summed E-state index contributed by atoms with van der Waals surface area (Å²) in [5.41, 5.74) is 0.946. The predicted molar refractivity (Wildman–Crippen MR) is 69.2 cm³/mol. The van der Waals surface area contributed by atoms with E-state index < -0.39 is 0 Å². The summed E-state index contributed by atoms with van der Waals surface area (Å²) >= 11 is 6.61. The Morgan fingerprint density at radius 3 is 2.76 bits per heavy atom. The van der Waals surface area contributed by atoms with Gasteiger partial charge in [0.05, 0.1) is 5.39 Å².